The van der Waals surface area contributed by atoms with E-state index in [2.05, 4.69) is 71.9 Å². The second kappa shape index (κ2) is 9.09. The zero-order chi connectivity index (χ0) is 19.9. The van der Waals surface area contributed by atoms with E-state index in [-0.39, 0.29) is 0 Å². The number of benzene rings is 1. The molecule has 3 N–H and O–H groups in total. The summed E-state index contributed by atoms with van der Waals surface area (Å²) in [5.74, 6) is 2.63. The van der Waals surface area contributed by atoms with Crippen LogP contribution in [0.4, 0.5) is 0 Å². The summed E-state index contributed by atoms with van der Waals surface area (Å²) in [4.78, 5) is 9.00. The molecule has 8 nitrogen and oxygen atoms in total. The zero-order valence-corrected chi connectivity index (χ0v) is 16.4. The first kappa shape index (κ1) is 18.8. The number of nitrogens with zero attached hydrogens (tertiary/aromatic N) is 4. The number of hydrogen-bond donors (Lipinski definition) is 3. The molecular formula is C21H25N7O. The number of guanidine groups is 1. The predicted octanol–water partition coefficient (Wildman–Crippen LogP) is 3.16. The third-order valence-electron chi connectivity index (χ3n) is 4.55. The molecular weight excluding hydrogens is 366 g/mol. The molecule has 8 heteroatoms. The lowest BCUT2D eigenvalue weighted by Crippen LogP contribution is -2.38. The molecule has 0 aliphatic heterocycles. The van der Waals surface area contributed by atoms with Gasteiger partial charge >= 0.3 is 0 Å². The van der Waals surface area contributed by atoms with Crippen molar-refractivity contribution >= 4 is 16.9 Å². The van der Waals surface area contributed by atoms with Gasteiger partial charge in [-0.1, -0.05) is 18.2 Å². The number of para-hydroxylation sites is 1. The Kier molecular flexibility index (Phi) is 5.89. The highest BCUT2D eigenvalue weighted by Gasteiger charge is 2.08. The Morgan fingerprint density at radius 2 is 2.10 bits per heavy atom. The Hall–Kier alpha value is -3.55. The molecule has 0 spiro atoms. The summed E-state index contributed by atoms with van der Waals surface area (Å²) in [6.45, 7) is 5.03. The summed E-state index contributed by atoms with van der Waals surface area (Å²) in [6, 6.07) is 14.2. The van der Waals surface area contributed by atoms with Crippen molar-refractivity contribution in [3.8, 4) is 11.6 Å². The Labute approximate surface area is 169 Å². The Morgan fingerprint density at radius 1 is 1.17 bits per heavy atom. The fourth-order valence-corrected chi connectivity index (χ4v) is 3.17. The fourth-order valence-electron chi connectivity index (χ4n) is 3.17. The molecule has 3 aromatic heterocycles. The summed E-state index contributed by atoms with van der Waals surface area (Å²) >= 11 is 0. The van der Waals surface area contributed by atoms with Crippen molar-refractivity contribution in [1.29, 1.82) is 0 Å². The van der Waals surface area contributed by atoms with E-state index in [0.717, 1.165) is 32.0 Å². The summed E-state index contributed by atoms with van der Waals surface area (Å²) in [7, 11) is 0. The standard InChI is InChI=1S/C21H25N7O/c1-2-22-21(24-15-19-25-20(27-26-19)18-9-5-14-29-18)23-11-6-12-28-13-10-16-7-3-4-8-17(16)28/h3-5,7-10,13-14H,2,6,11-12,15H2,1H3,(H2,22,23,24)(H,25,26,27). The van der Waals surface area contributed by atoms with Crippen LogP contribution >= 0.6 is 0 Å². The van der Waals surface area contributed by atoms with Gasteiger partial charge in [0.25, 0.3) is 0 Å². The van der Waals surface area contributed by atoms with Crippen LogP contribution in [-0.4, -0.2) is 38.8 Å². The number of fused-ring (bicyclic) bond motifs is 1. The van der Waals surface area contributed by atoms with Gasteiger partial charge in [0.15, 0.2) is 11.7 Å². The molecule has 29 heavy (non-hydrogen) atoms. The van der Waals surface area contributed by atoms with Crippen molar-refractivity contribution in [2.45, 2.75) is 26.4 Å². The zero-order valence-electron chi connectivity index (χ0n) is 16.4. The molecule has 0 atom stereocenters. The van der Waals surface area contributed by atoms with Gasteiger partial charge in [0.05, 0.1) is 6.26 Å². The normalized spacial score (nSPS) is 11.8. The molecule has 4 aromatic rings. The number of aryl methyl sites for hydroxylation is 1. The van der Waals surface area contributed by atoms with Crippen LogP contribution < -0.4 is 10.6 Å². The summed E-state index contributed by atoms with van der Waals surface area (Å²) < 4.78 is 7.60. The average Bonchev–Trinajstić information content (AvgIpc) is 3.50. The van der Waals surface area contributed by atoms with Gasteiger partial charge in [0.2, 0.25) is 5.82 Å². The van der Waals surface area contributed by atoms with E-state index in [1.807, 2.05) is 19.1 Å². The van der Waals surface area contributed by atoms with Gasteiger partial charge in [0, 0.05) is 31.3 Å². The van der Waals surface area contributed by atoms with Crippen LogP contribution in [0.15, 0.2) is 64.3 Å². The maximum atomic E-state index is 5.31. The van der Waals surface area contributed by atoms with Crippen LogP contribution in [0.1, 0.15) is 19.2 Å². The molecule has 4 rings (SSSR count). The second-order valence-corrected chi connectivity index (χ2v) is 6.63. The van der Waals surface area contributed by atoms with E-state index in [9.17, 15) is 0 Å². The van der Waals surface area contributed by atoms with E-state index < -0.39 is 0 Å². The van der Waals surface area contributed by atoms with Crippen LogP contribution in [0.25, 0.3) is 22.5 Å². The molecule has 0 radical (unpaired) electrons. The van der Waals surface area contributed by atoms with Crippen molar-refractivity contribution in [3.63, 3.8) is 0 Å². The molecule has 0 aliphatic carbocycles. The molecule has 0 fully saturated rings. The third-order valence-corrected chi connectivity index (χ3v) is 4.55. The number of nitrogens with one attached hydrogen (secondary N) is 3. The molecule has 0 bridgehead atoms. The van der Waals surface area contributed by atoms with Crippen molar-refractivity contribution in [2.24, 2.45) is 4.99 Å². The van der Waals surface area contributed by atoms with Crippen molar-refractivity contribution in [1.82, 2.24) is 30.4 Å². The number of furan rings is 1. The number of aromatic amines is 1. The minimum Gasteiger partial charge on any atom is -0.461 e. The maximum Gasteiger partial charge on any atom is 0.216 e. The van der Waals surface area contributed by atoms with Gasteiger partial charge in [-0.3, -0.25) is 5.10 Å². The van der Waals surface area contributed by atoms with E-state index in [4.69, 9.17) is 4.42 Å². The molecule has 0 unspecified atom stereocenters. The van der Waals surface area contributed by atoms with Crippen molar-refractivity contribution in [3.05, 3.63) is 60.7 Å². The number of H-pyrrole nitrogens is 1. The van der Waals surface area contributed by atoms with Crippen LogP contribution in [0.2, 0.25) is 0 Å². The smallest absolute Gasteiger partial charge is 0.216 e. The highest BCUT2D eigenvalue weighted by molar-refractivity contribution is 5.80. The molecule has 0 saturated carbocycles. The van der Waals surface area contributed by atoms with Crippen LogP contribution in [0.5, 0.6) is 0 Å². The number of hydrogen-bond acceptors (Lipinski definition) is 4. The highest BCUT2D eigenvalue weighted by Crippen LogP contribution is 2.15. The Balaban J connectivity index is 1.29. The van der Waals surface area contributed by atoms with E-state index in [0.29, 0.717) is 24.0 Å². The summed E-state index contributed by atoms with van der Waals surface area (Å²) in [5.41, 5.74) is 1.27. The quantitative estimate of drug-likeness (QED) is 0.244. The highest BCUT2D eigenvalue weighted by atomic mass is 16.3. The molecule has 0 saturated heterocycles. The molecule has 0 amide bonds. The first-order valence-electron chi connectivity index (χ1n) is 9.84. The summed E-state index contributed by atoms with van der Waals surface area (Å²) in [6.07, 6.45) is 4.74. The third kappa shape index (κ3) is 4.66. The van der Waals surface area contributed by atoms with Crippen molar-refractivity contribution in [2.75, 3.05) is 13.1 Å². The summed E-state index contributed by atoms with van der Waals surface area (Å²) in [5, 5.41) is 15.0. The van der Waals surface area contributed by atoms with Crippen molar-refractivity contribution < 1.29 is 4.42 Å². The number of aromatic nitrogens is 4. The van der Waals surface area contributed by atoms with Crippen LogP contribution in [0.3, 0.4) is 0 Å². The van der Waals surface area contributed by atoms with E-state index in [1.54, 1.807) is 6.26 Å². The van der Waals surface area contributed by atoms with Crippen LogP contribution in [0, 0.1) is 0 Å². The Morgan fingerprint density at radius 3 is 2.97 bits per heavy atom. The lowest BCUT2D eigenvalue weighted by molar-refractivity contribution is 0.577. The SMILES string of the molecule is CCNC(=NCc1nc(-c2ccco2)n[nH]1)NCCCn1ccc2ccccc21. The second-order valence-electron chi connectivity index (χ2n) is 6.63. The first-order valence-corrected chi connectivity index (χ1v) is 9.84. The average molecular weight is 391 g/mol. The lowest BCUT2D eigenvalue weighted by Gasteiger charge is -2.11. The predicted molar refractivity (Wildman–Crippen MR) is 113 cm³/mol. The Bertz CT molecular complexity index is 1060. The largest absolute Gasteiger partial charge is 0.461 e. The minimum absolute atomic E-state index is 0.408. The van der Waals surface area contributed by atoms with Gasteiger partial charge in [-0.25, -0.2) is 9.98 Å². The van der Waals surface area contributed by atoms with Gasteiger partial charge in [-0.15, -0.1) is 5.10 Å². The van der Waals surface area contributed by atoms with E-state index >= 15 is 0 Å². The van der Waals surface area contributed by atoms with Gasteiger partial charge in [-0.05, 0) is 43.0 Å². The monoisotopic (exact) mass is 391 g/mol. The van der Waals surface area contributed by atoms with Gasteiger partial charge in [0.1, 0.15) is 12.4 Å². The minimum atomic E-state index is 0.408. The molecule has 1 aromatic carbocycles. The topological polar surface area (TPSA) is 96.1 Å². The van der Waals surface area contributed by atoms with E-state index in [1.165, 1.54) is 10.9 Å². The lowest BCUT2D eigenvalue weighted by atomic mass is 10.2. The van der Waals surface area contributed by atoms with Gasteiger partial charge in [-0.2, -0.15) is 0 Å². The molecule has 0 aliphatic rings. The number of aliphatic imine (C=N–C) groups is 1. The molecule has 3 heterocycles. The maximum absolute atomic E-state index is 5.31. The first-order chi connectivity index (χ1) is 14.3. The molecule has 150 valence electrons. The van der Waals surface area contributed by atoms with Gasteiger partial charge < -0.3 is 19.6 Å². The number of rotatable bonds is 8. The van der Waals surface area contributed by atoms with Crippen LogP contribution in [-0.2, 0) is 13.1 Å². The fraction of sp³-hybridized carbons (Fsp3) is 0.286.